The van der Waals surface area contributed by atoms with Crippen molar-refractivity contribution >= 4 is 21.8 Å². The second-order valence-corrected chi connectivity index (χ2v) is 6.44. The highest BCUT2D eigenvalue weighted by Gasteiger charge is 2.11. The Balaban J connectivity index is 1.55. The molecule has 0 unspecified atom stereocenters. The summed E-state index contributed by atoms with van der Waals surface area (Å²) in [6.07, 6.45) is 3.08. The number of aromatic nitrogens is 3. The van der Waals surface area contributed by atoms with Gasteiger partial charge in [-0.15, -0.1) is 0 Å². The van der Waals surface area contributed by atoms with Crippen LogP contribution in [0.3, 0.4) is 0 Å². The van der Waals surface area contributed by atoms with Gasteiger partial charge in [-0.05, 0) is 58.7 Å². The van der Waals surface area contributed by atoms with Crippen molar-refractivity contribution in [3.05, 3.63) is 71.0 Å². The normalized spacial score (nSPS) is 11.8. The van der Waals surface area contributed by atoms with Gasteiger partial charge in [0.1, 0.15) is 24.2 Å². The molecule has 1 amide bonds. The molecular weight excluding hydrogens is 403 g/mol. The first-order chi connectivity index (χ1) is 12.5. The van der Waals surface area contributed by atoms with Gasteiger partial charge in [0.15, 0.2) is 6.61 Å². The van der Waals surface area contributed by atoms with E-state index in [4.69, 9.17) is 4.74 Å². The molecule has 0 saturated carbocycles. The Hall–Kier alpha value is -2.74. The van der Waals surface area contributed by atoms with Crippen molar-refractivity contribution in [2.45, 2.75) is 13.0 Å². The highest BCUT2D eigenvalue weighted by atomic mass is 79.9. The third-order valence-corrected chi connectivity index (χ3v) is 4.33. The number of hydrogen-bond acceptors (Lipinski definition) is 4. The topological polar surface area (TPSA) is 69.0 Å². The zero-order chi connectivity index (χ0) is 18.5. The van der Waals surface area contributed by atoms with Gasteiger partial charge in [0, 0.05) is 0 Å². The Morgan fingerprint density at radius 2 is 2.08 bits per heavy atom. The number of nitrogens with zero attached hydrogens (tertiary/aromatic N) is 3. The van der Waals surface area contributed by atoms with Gasteiger partial charge in [-0.25, -0.2) is 14.1 Å². The fourth-order valence-electron chi connectivity index (χ4n) is 2.36. The van der Waals surface area contributed by atoms with Crippen LogP contribution in [0.5, 0.6) is 5.75 Å². The second-order valence-electron chi connectivity index (χ2n) is 5.58. The molecule has 0 aliphatic carbocycles. The number of halogens is 2. The minimum atomic E-state index is -0.378. The van der Waals surface area contributed by atoms with E-state index in [2.05, 4.69) is 31.3 Å². The van der Waals surface area contributed by atoms with Crippen molar-refractivity contribution in [2.24, 2.45) is 0 Å². The van der Waals surface area contributed by atoms with Gasteiger partial charge >= 0.3 is 0 Å². The molecule has 0 radical (unpaired) electrons. The first-order valence-electron chi connectivity index (χ1n) is 7.85. The van der Waals surface area contributed by atoms with Crippen LogP contribution in [0, 0.1) is 5.82 Å². The molecule has 1 aromatic heterocycles. The quantitative estimate of drug-likeness (QED) is 0.665. The lowest BCUT2D eigenvalue weighted by atomic mass is 10.1. The maximum Gasteiger partial charge on any atom is 0.258 e. The fourth-order valence-corrected chi connectivity index (χ4v) is 2.82. The number of amides is 1. The van der Waals surface area contributed by atoms with Gasteiger partial charge in [-0.2, -0.15) is 5.10 Å². The molecule has 0 bridgehead atoms. The monoisotopic (exact) mass is 418 g/mol. The lowest BCUT2D eigenvalue weighted by Crippen LogP contribution is -2.31. The van der Waals surface area contributed by atoms with E-state index in [9.17, 15) is 9.18 Å². The first kappa shape index (κ1) is 18.1. The Labute approximate surface area is 158 Å². The van der Waals surface area contributed by atoms with Gasteiger partial charge in [-0.3, -0.25) is 4.79 Å². The molecule has 3 aromatic rings. The summed E-state index contributed by atoms with van der Waals surface area (Å²) in [6.45, 7) is 1.72. The number of nitrogens with one attached hydrogen (secondary N) is 1. The van der Waals surface area contributed by atoms with Crippen LogP contribution in [-0.4, -0.2) is 27.3 Å². The van der Waals surface area contributed by atoms with Crippen LogP contribution in [0.2, 0.25) is 0 Å². The molecule has 1 heterocycles. The van der Waals surface area contributed by atoms with Crippen LogP contribution < -0.4 is 10.1 Å². The van der Waals surface area contributed by atoms with E-state index in [0.717, 1.165) is 11.3 Å². The Morgan fingerprint density at radius 1 is 1.31 bits per heavy atom. The van der Waals surface area contributed by atoms with Crippen LogP contribution >= 0.6 is 15.9 Å². The molecule has 2 aromatic carbocycles. The van der Waals surface area contributed by atoms with Crippen LogP contribution in [-0.2, 0) is 4.79 Å². The van der Waals surface area contributed by atoms with Crippen LogP contribution in [0.1, 0.15) is 18.5 Å². The number of carbonyl (C=O) groups is 1. The number of benzene rings is 2. The van der Waals surface area contributed by atoms with Gasteiger partial charge in [0.25, 0.3) is 5.91 Å². The second kappa shape index (κ2) is 8.09. The van der Waals surface area contributed by atoms with Crippen molar-refractivity contribution in [1.82, 2.24) is 20.1 Å². The van der Waals surface area contributed by atoms with Crippen LogP contribution in [0.15, 0.2) is 59.6 Å². The molecule has 1 atom stereocenters. The summed E-state index contributed by atoms with van der Waals surface area (Å²) < 4.78 is 20.6. The average molecular weight is 419 g/mol. The predicted octanol–water partition coefficient (Wildman–Crippen LogP) is 3.43. The molecule has 0 aliphatic heterocycles. The van der Waals surface area contributed by atoms with Gasteiger partial charge in [0.2, 0.25) is 0 Å². The summed E-state index contributed by atoms with van der Waals surface area (Å²) in [7, 11) is 0. The highest BCUT2D eigenvalue weighted by molar-refractivity contribution is 9.10. The van der Waals surface area contributed by atoms with Crippen LogP contribution in [0.4, 0.5) is 4.39 Å². The van der Waals surface area contributed by atoms with Crippen molar-refractivity contribution < 1.29 is 13.9 Å². The summed E-state index contributed by atoms with van der Waals surface area (Å²) in [5.41, 5.74) is 1.83. The Morgan fingerprint density at radius 3 is 2.73 bits per heavy atom. The van der Waals surface area contributed by atoms with Crippen molar-refractivity contribution in [3.63, 3.8) is 0 Å². The van der Waals surface area contributed by atoms with Gasteiger partial charge in [0.05, 0.1) is 16.2 Å². The summed E-state index contributed by atoms with van der Waals surface area (Å²) in [4.78, 5) is 16.0. The van der Waals surface area contributed by atoms with E-state index in [1.807, 2.05) is 31.2 Å². The maximum atomic E-state index is 13.1. The number of ether oxygens (including phenoxy) is 1. The molecule has 134 valence electrons. The number of carbonyl (C=O) groups excluding carboxylic acids is 1. The van der Waals surface area contributed by atoms with E-state index < -0.39 is 0 Å². The maximum absolute atomic E-state index is 13.1. The van der Waals surface area contributed by atoms with E-state index >= 15 is 0 Å². The summed E-state index contributed by atoms with van der Waals surface area (Å²) >= 11 is 3.20. The highest BCUT2D eigenvalue weighted by Crippen LogP contribution is 2.25. The predicted molar refractivity (Wildman–Crippen MR) is 97.5 cm³/mol. The Kier molecular flexibility index (Phi) is 5.62. The zero-order valence-electron chi connectivity index (χ0n) is 13.9. The van der Waals surface area contributed by atoms with E-state index in [1.54, 1.807) is 11.0 Å². The SMILES string of the molecule is C[C@@H](NC(=O)COc1ccc(F)cc1Br)c1ccc(-n2cncn2)cc1. The molecule has 8 heteroatoms. The summed E-state index contributed by atoms with van der Waals surface area (Å²) in [5.74, 6) is -0.239. The van der Waals surface area contributed by atoms with Crippen molar-refractivity contribution in [2.75, 3.05) is 6.61 Å². The summed E-state index contributed by atoms with van der Waals surface area (Å²) in [5, 5.41) is 6.93. The van der Waals surface area contributed by atoms with Crippen molar-refractivity contribution in [1.29, 1.82) is 0 Å². The zero-order valence-corrected chi connectivity index (χ0v) is 15.5. The third kappa shape index (κ3) is 4.45. The molecule has 6 nitrogen and oxygen atoms in total. The largest absolute Gasteiger partial charge is 0.483 e. The summed E-state index contributed by atoms with van der Waals surface area (Å²) in [6, 6.07) is 11.5. The smallest absolute Gasteiger partial charge is 0.258 e. The third-order valence-electron chi connectivity index (χ3n) is 3.71. The molecule has 0 fully saturated rings. The lowest BCUT2D eigenvalue weighted by Gasteiger charge is -2.15. The molecule has 26 heavy (non-hydrogen) atoms. The molecular formula is C18H16BrFN4O2. The van der Waals surface area contributed by atoms with Crippen LogP contribution in [0.25, 0.3) is 5.69 Å². The van der Waals surface area contributed by atoms with Crippen molar-refractivity contribution in [3.8, 4) is 11.4 Å². The minimum Gasteiger partial charge on any atom is -0.483 e. The molecule has 3 rings (SSSR count). The van der Waals surface area contributed by atoms with E-state index in [-0.39, 0.29) is 24.4 Å². The van der Waals surface area contributed by atoms with Gasteiger partial charge < -0.3 is 10.1 Å². The molecule has 1 N–H and O–H groups in total. The van der Waals surface area contributed by atoms with E-state index in [1.165, 1.54) is 24.5 Å². The lowest BCUT2D eigenvalue weighted by molar-refractivity contribution is -0.123. The molecule has 0 aliphatic rings. The standard InChI is InChI=1S/C18H16BrFN4O2/c1-12(13-2-5-15(6-3-13)24-11-21-10-22-24)23-18(25)9-26-17-7-4-14(20)8-16(17)19/h2-8,10-12H,9H2,1H3,(H,23,25)/t12-/m1/s1. The average Bonchev–Trinajstić information content (AvgIpc) is 3.16. The van der Waals surface area contributed by atoms with Gasteiger partial charge in [-0.1, -0.05) is 12.1 Å². The number of rotatable bonds is 6. The van der Waals surface area contributed by atoms with E-state index in [0.29, 0.717) is 10.2 Å². The minimum absolute atomic E-state index is 0.161. The fraction of sp³-hybridized carbons (Fsp3) is 0.167. The number of hydrogen-bond donors (Lipinski definition) is 1. The molecule has 0 spiro atoms. The first-order valence-corrected chi connectivity index (χ1v) is 8.64. The molecule has 0 saturated heterocycles. The Bertz CT molecular complexity index is 885.